The Balaban J connectivity index is 1.56. The Morgan fingerprint density at radius 1 is 1.14 bits per heavy atom. The lowest BCUT2D eigenvalue weighted by Gasteiger charge is -2.15. The minimum atomic E-state index is -0.518. The minimum Gasteiger partial charge on any atom is -0.457 e. The van der Waals surface area contributed by atoms with Crippen LogP contribution in [0.2, 0.25) is 0 Å². The largest absolute Gasteiger partial charge is 0.457 e. The quantitative estimate of drug-likeness (QED) is 0.573. The van der Waals surface area contributed by atoms with Gasteiger partial charge >= 0.3 is 5.97 Å². The number of ether oxygens (including phenoxy) is 1. The van der Waals surface area contributed by atoms with Gasteiger partial charge in [-0.05, 0) is 50.5 Å². The highest BCUT2D eigenvalue weighted by molar-refractivity contribution is 6.04. The molecule has 0 atom stereocenters. The molecule has 2 heterocycles. The standard InChI is InChI=1S/C22H24N2O5/c1-13-21(15(3)25)14(2)23-22(13)18(26)12-29-20(28)11-16-6-8-17(9-7-16)24-10-4-5-19(24)27/h6-9,23H,4-5,10-12H2,1-3H3. The maximum absolute atomic E-state index is 12.4. The first-order valence-corrected chi connectivity index (χ1v) is 9.56. The third-order valence-corrected chi connectivity index (χ3v) is 5.10. The number of anilines is 1. The molecule has 1 fully saturated rings. The first-order valence-electron chi connectivity index (χ1n) is 9.56. The lowest BCUT2D eigenvalue weighted by molar-refractivity contribution is -0.141. The monoisotopic (exact) mass is 396 g/mol. The topological polar surface area (TPSA) is 96.5 Å². The predicted molar refractivity (Wildman–Crippen MR) is 107 cm³/mol. The number of hydrogen-bond acceptors (Lipinski definition) is 5. The molecule has 0 saturated carbocycles. The van der Waals surface area contributed by atoms with E-state index in [-0.39, 0.29) is 23.9 Å². The van der Waals surface area contributed by atoms with Crippen LogP contribution in [0.15, 0.2) is 24.3 Å². The SMILES string of the molecule is CC(=O)c1c(C)[nH]c(C(=O)COC(=O)Cc2ccc(N3CCCC3=O)cc2)c1C. The van der Waals surface area contributed by atoms with Crippen molar-refractivity contribution in [2.24, 2.45) is 0 Å². The van der Waals surface area contributed by atoms with Gasteiger partial charge in [-0.25, -0.2) is 0 Å². The van der Waals surface area contributed by atoms with Crippen molar-refractivity contribution in [1.29, 1.82) is 0 Å². The molecule has 0 unspecified atom stereocenters. The third kappa shape index (κ3) is 4.45. The molecule has 29 heavy (non-hydrogen) atoms. The van der Waals surface area contributed by atoms with Crippen LogP contribution in [0.3, 0.4) is 0 Å². The summed E-state index contributed by atoms with van der Waals surface area (Å²) in [6, 6.07) is 7.18. The van der Waals surface area contributed by atoms with E-state index in [4.69, 9.17) is 4.74 Å². The van der Waals surface area contributed by atoms with Crippen molar-refractivity contribution in [3.8, 4) is 0 Å². The summed E-state index contributed by atoms with van der Waals surface area (Å²) in [6.45, 7) is 5.19. The number of Topliss-reactive ketones (excluding diaryl/α,β-unsaturated/α-hetero) is 2. The van der Waals surface area contributed by atoms with Gasteiger partial charge in [0.2, 0.25) is 11.7 Å². The fourth-order valence-corrected chi connectivity index (χ4v) is 3.71. The highest BCUT2D eigenvalue weighted by atomic mass is 16.5. The molecule has 1 saturated heterocycles. The molecule has 0 bridgehead atoms. The molecule has 1 aliphatic heterocycles. The van der Waals surface area contributed by atoms with E-state index in [0.29, 0.717) is 35.5 Å². The van der Waals surface area contributed by atoms with Gasteiger partial charge in [-0.15, -0.1) is 0 Å². The molecular formula is C22H24N2O5. The molecule has 1 amide bonds. The number of benzene rings is 1. The molecule has 1 aromatic heterocycles. The first kappa shape index (κ1) is 20.5. The molecule has 0 spiro atoms. The number of esters is 1. The number of rotatable bonds is 7. The normalized spacial score (nSPS) is 13.6. The molecule has 0 radical (unpaired) electrons. The van der Waals surface area contributed by atoms with E-state index in [9.17, 15) is 19.2 Å². The minimum absolute atomic E-state index is 0.0307. The van der Waals surface area contributed by atoms with Crippen LogP contribution >= 0.6 is 0 Å². The number of amides is 1. The molecule has 3 rings (SSSR count). The van der Waals surface area contributed by atoms with E-state index < -0.39 is 12.6 Å². The van der Waals surface area contributed by atoms with Crippen LogP contribution in [0, 0.1) is 13.8 Å². The summed E-state index contributed by atoms with van der Waals surface area (Å²) >= 11 is 0. The van der Waals surface area contributed by atoms with E-state index in [1.165, 1.54) is 6.92 Å². The number of aryl methyl sites for hydroxylation is 1. The number of nitrogens with one attached hydrogen (secondary N) is 1. The van der Waals surface area contributed by atoms with Crippen molar-refractivity contribution in [1.82, 2.24) is 4.98 Å². The van der Waals surface area contributed by atoms with Crippen molar-refractivity contribution in [2.45, 2.75) is 40.0 Å². The van der Waals surface area contributed by atoms with Crippen molar-refractivity contribution in [3.05, 3.63) is 52.3 Å². The maximum atomic E-state index is 12.4. The summed E-state index contributed by atoms with van der Waals surface area (Å²) in [5.74, 6) is -0.907. The number of ketones is 2. The van der Waals surface area contributed by atoms with E-state index >= 15 is 0 Å². The number of aromatic nitrogens is 1. The second-order valence-electron chi connectivity index (χ2n) is 7.26. The Labute approximate surface area is 169 Å². The summed E-state index contributed by atoms with van der Waals surface area (Å²) in [5.41, 5.74) is 3.54. The average molecular weight is 396 g/mol. The van der Waals surface area contributed by atoms with Gasteiger partial charge in [0.1, 0.15) is 0 Å². The second-order valence-corrected chi connectivity index (χ2v) is 7.26. The van der Waals surface area contributed by atoms with Crippen LogP contribution in [-0.2, 0) is 20.7 Å². The number of carbonyl (C=O) groups is 4. The fourth-order valence-electron chi connectivity index (χ4n) is 3.71. The van der Waals surface area contributed by atoms with Crippen molar-refractivity contribution >= 4 is 29.1 Å². The number of carbonyl (C=O) groups excluding carboxylic acids is 4. The molecule has 1 aromatic carbocycles. The molecule has 2 aromatic rings. The van der Waals surface area contributed by atoms with Gasteiger partial charge in [-0.2, -0.15) is 0 Å². The molecule has 0 aliphatic carbocycles. The Kier molecular flexibility index (Phi) is 5.96. The fraction of sp³-hybridized carbons (Fsp3) is 0.364. The van der Waals surface area contributed by atoms with Crippen LogP contribution in [-0.4, -0.2) is 41.6 Å². The Bertz CT molecular complexity index is 972. The lowest BCUT2D eigenvalue weighted by atomic mass is 10.1. The Hall–Kier alpha value is -3.22. The first-order chi connectivity index (χ1) is 13.8. The van der Waals surface area contributed by atoms with Gasteiger partial charge in [0.05, 0.1) is 12.1 Å². The summed E-state index contributed by atoms with van der Waals surface area (Å²) in [7, 11) is 0. The van der Waals surface area contributed by atoms with Crippen molar-refractivity contribution in [2.75, 3.05) is 18.1 Å². The van der Waals surface area contributed by atoms with Gasteiger partial charge in [0, 0.05) is 29.9 Å². The second kappa shape index (κ2) is 8.43. The molecule has 1 N–H and O–H groups in total. The average Bonchev–Trinajstić information content (AvgIpc) is 3.23. The van der Waals surface area contributed by atoms with Crippen LogP contribution in [0.25, 0.3) is 0 Å². The zero-order chi connectivity index (χ0) is 21.1. The van der Waals surface area contributed by atoms with Gasteiger partial charge in [0.25, 0.3) is 0 Å². The smallest absolute Gasteiger partial charge is 0.310 e. The third-order valence-electron chi connectivity index (χ3n) is 5.10. The zero-order valence-corrected chi connectivity index (χ0v) is 16.8. The van der Waals surface area contributed by atoms with E-state index in [0.717, 1.165) is 17.7 Å². The van der Waals surface area contributed by atoms with Crippen LogP contribution < -0.4 is 4.90 Å². The molecule has 7 nitrogen and oxygen atoms in total. The lowest BCUT2D eigenvalue weighted by Crippen LogP contribution is -2.23. The molecule has 152 valence electrons. The van der Waals surface area contributed by atoms with E-state index in [1.54, 1.807) is 30.9 Å². The summed E-state index contributed by atoms with van der Waals surface area (Å²) in [4.78, 5) is 52.6. The summed E-state index contributed by atoms with van der Waals surface area (Å²) in [5, 5.41) is 0. The van der Waals surface area contributed by atoms with Crippen molar-refractivity contribution in [3.63, 3.8) is 0 Å². The zero-order valence-electron chi connectivity index (χ0n) is 16.8. The number of H-pyrrole nitrogens is 1. The summed E-state index contributed by atoms with van der Waals surface area (Å²) < 4.78 is 5.12. The van der Waals surface area contributed by atoms with Gasteiger partial charge in [0.15, 0.2) is 12.4 Å². The summed E-state index contributed by atoms with van der Waals surface area (Å²) in [6.07, 6.45) is 1.45. The Morgan fingerprint density at radius 3 is 2.38 bits per heavy atom. The van der Waals surface area contributed by atoms with E-state index in [2.05, 4.69) is 4.98 Å². The Morgan fingerprint density at radius 2 is 1.83 bits per heavy atom. The van der Waals surface area contributed by atoms with Crippen molar-refractivity contribution < 1.29 is 23.9 Å². The maximum Gasteiger partial charge on any atom is 0.310 e. The molecule has 7 heteroatoms. The van der Waals surface area contributed by atoms with Gasteiger partial charge in [-0.3, -0.25) is 19.2 Å². The van der Waals surface area contributed by atoms with Crippen LogP contribution in [0.5, 0.6) is 0 Å². The molecular weight excluding hydrogens is 372 g/mol. The molecule has 1 aliphatic rings. The van der Waals surface area contributed by atoms with Crippen LogP contribution in [0.1, 0.15) is 57.4 Å². The van der Waals surface area contributed by atoms with Gasteiger partial charge in [-0.1, -0.05) is 12.1 Å². The number of aromatic amines is 1. The number of nitrogens with zero attached hydrogens (tertiary/aromatic N) is 1. The predicted octanol–water partition coefficient (Wildman–Crippen LogP) is 2.93. The highest BCUT2D eigenvalue weighted by Gasteiger charge is 2.22. The highest BCUT2D eigenvalue weighted by Crippen LogP contribution is 2.22. The van der Waals surface area contributed by atoms with Gasteiger partial charge < -0.3 is 14.6 Å². The van der Waals surface area contributed by atoms with Crippen LogP contribution in [0.4, 0.5) is 5.69 Å². The number of hydrogen-bond donors (Lipinski definition) is 1. The van der Waals surface area contributed by atoms with E-state index in [1.807, 2.05) is 12.1 Å².